The minimum atomic E-state index is -0.245. The summed E-state index contributed by atoms with van der Waals surface area (Å²) in [6, 6.07) is 5.87. The molecule has 1 saturated heterocycles. The number of amides is 1. The Morgan fingerprint density at radius 1 is 1.29 bits per heavy atom. The minimum Gasteiger partial charge on any atom is -0.486 e. The number of aromatic nitrogens is 2. The van der Waals surface area contributed by atoms with Gasteiger partial charge in [-0.25, -0.2) is 4.98 Å². The van der Waals surface area contributed by atoms with E-state index >= 15 is 0 Å². The number of ether oxygens (including phenoxy) is 2. The van der Waals surface area contributed by atoms with Crippen molar-refractivity contribution in [2.24, 2.45) is 0 Å². The Bertz CT molecular complexity index is 729. The molecule has 2 unspecified atom stereocenters. The van der Waals surface area contributed by atoms with Crippen LogP contribution in [0.3, 0.4) is 0 Å². The van der Waals surface area contributed by atoms with Crippen LogP contribution in [-0.2, 0) is 4.79 Å². The first kappa shape index (κ1) is 15.1. The summed E-state index contributed by atoms with van der Waals surface area (Å²) in [7, 11) is 0. The number of imidazole rings is 1. The molecule has 0 N–H and O–H groups in total. The number of hydrogen-bond donors (Lipinski definition) is 0. The molecule has 0 saturated carbocycles. The van der Waals surface area contributed by atoms with Gasteiger partial charge in [0.05, 0.1) is 12.4 Å². The molecule has 2 aliphatic heterocycles. The van der Waals surface area contributed by atoms with Crippen molar-refractivity contribution in [3.05, 3.63) is 42.5 Å². The van der Waals surface area contributed by atoms with Gasteiger partial charge in [0, 0.05) is 18.9 Å². The van der Waals surface area contributed by atoms with Crippen molar-refractivity contribution in [3.63, 3.8) is 0 Å². The maximum atomic E-state index is 12.9. The molecular formula is C18H21N3O3. The first-order chi connectivity index (χ1) is 11.7. The monoisotopic (exact) mass is 327 g/mol. The van der Waals surface area contributed by atoms with Crippen LogP contribution in [0.15, 0.2) is 36.9 Å². The van der Waals surface area contributed by atoms with Crippen LogP contribution in [-0.4, -0.2) is 40.1 Å². The molecule has 0 aliphatic carbocycles. The van der Waals surface area contributed by atoms with Crippen molar-refractivity contribution in [1.29, 1.82) is 0 Å². The van der Waals surface area contributed by atoms with E-state index < -0.39 is 0 Å². The molecule has 0 spiro atoms. The fourth-order valence-electron chi connectivity index (χ4n) is 3.51. The van der Waals surface area contributed by atoms with E-state index in [2.05, 4.69) is 4.98 Å². The molecule has 4 rings (SSSR count). The van der Waals surface area contributed by atoms with E-state index in [1.165, 1.54) is 0 Å². The number of fused-ring (bicyclic) bond motifs is 1. The first-order valence-corrected chi connectivity index (χ1v) is 8.41. The van der Waals surface area contributed by atoms with Crippen LogP contribution in [0.1, 0.15) is 37.4 Å². The molecule has 1 amide bonds. The van der Waals surface area contributed by atoms with Gasteiger partial charge in [-0.2, -0.15) is 0 Å². The summed E-state index contributed by atoms with van der Waals surface area (Å²) >= 11 is 0. The number of carbonyl (C=O) groups is 1. The molecule has 126 valence electrons. The second-order valence-electron chi connectivity index (χ2n) is 6.28. The summed E-state index contributed by atoms with van der Waals surface area (Å²) in [4.78, 5) is 19.0. The van der Waals surface area contributed by atoms with Gasteiger partial charge in [-0.1, -0.05) is 6.07 Å². The lowest BCUT2D eigenvalue weighted by atomic mass is 10.0. The van der Waals surface area contributed by atoms with Gasteiger partial charge in [-0.3, -0.25) is 4.79 Å². The topological polar surface area (TPSA) is 56.6 Å². The van der Waals surface area contributed by atoms with Crippen LogP contribution >= 0.6 is 0 Å². The highest BCUT2D eigenvalue weighted by atomic mass is 16.6. The highest BCUT2D eigenvalue weighted by Gasteiger charge is 2.33. The zero-order valence-electron chi connectivity index (χ0n) is 13.7. The highest BCUT2D eigenvalue weighted by Crippen LogP contribution is 2.38. The average molecular weight is 327 g/mol. The Kier molecular flexibility index (Phi) is 3.88. The number of likely N-dealkylation sites (tertiary alicyclic amines) is 1. The summed E-state index contributed by atoms with van der Waals surface area (Å²) in [5, 5.41) is 0. The number of rotatable bonds is 3. The van der Waals surface area contributed by atoms with Crippen LogP contribution in [0.2, 0.25) is 0 Å². The summed E-state index contributed by atoms with van der Waals surface area (Å²) in [5.74, 6) is 1.69. The number of hydrogen-bond acceptors (Lipinski definition) is 4. The molecule has 1 fully saturated rings. The molecule has 2 atom stereocenters. The lowest BCUT2D eigenvalue weighted by Crippen LogP contribution is -2.35. The molecule has 1 aromatic heterocycles. The molecule has 6 heteroatoms. The third-order valence-electron chi connectivity index (χ3n) is 4.82. The van der Waals surface area contributed by atoms with Crippen molar-refractivity contribution < 1.29 is 14.3 Å². The van der Waals surface area contributed by atoms with E-state index in [1.807, 2.05) is 40.8 Å². The standard InChI is InChI=1S/C18H21N3O3/c1-13(20-8-6-19-12-20)18(22)21-7-2-3-15(21)14-4-5-16-17(11-14)24-10-9-23-16/h4-6,8,11-13,15H,2-3,7,9-10H2,1H3. The van der Waals surface area contributed by atoms with Crippen LogP contribution in [0.5, 0.6) is 11.5 Å². The minimum absolute atomic E-state index is 0.0966. The van der Waals surface area contributed by atoms with E-state index in [0.717, 1.165) is 36.4 Å². The van der Waals surface area contributed by atoms with Crippen molar-refractivity contribution in [2.75, 3.05) is 19.8 Å². The Hall–Kier alpha value is -2.50. The van der Waals surface area contributed by atoms with E-state index in [9.17, 15) is 4.79 Å². The van der Waals surface area contributed by atoms with Gasteiger partial charge >= 0.3 is 0 Å². The normalized spacial score (nSPS) is 20.9. The van der Waals surface area contributed by atoms with Gasteiger partial charge in [0.1, 0.15) is 19.3 Å². The van der Waals surface area contributed by atoms with Crippen LogP contribution in [0.25, 0.3) is 0 Å². The van der Waals surface area contributed by atoms with Crippen molar-refractivity contribution in [2.45, 2.75) is 31.8 Å². The largest absolute Gasteiger partial charge is 0.486 e. The van der Waals surface area contributed by atoms with Crippen molar-refractivity contribution in [1.82, 2.24) is 14.5 Å². The van der Waals surface area contributed by atoms with E-state index in [1.54, 1.807) is 12.5 Å². The van der Waals surface area contributed by atoms with Gasteiger partial charge in [-0.05, 0) is 37.5 Å². The second kappa shape index (κ2) is 6.19. The van der Waals surface area contributed by atoms with Gasteiger partial charge in [0.2, 0.25) is 5.91 Å². The summed E-state index contributed by atoms with van der Waals surface area (Å²) in [6.45, 7) is 3.87. The molecule has 3 heterocycles. The molecule has 1 aromatic carbocycles. The number of nitrogens with zero attached hydrogens (tertiary/aromatic N) is 3. The highest BCUT2D eigenvalue weighted by molar-refractivity contribution is 5.81. The fraction of sp³-hybridized carbons (Fsp3) is 0.444. The Morgan fingerprint density at radius 3 is 2.92 bits per heavy atom. The predicted octanol–water partition coefficient (Wildman–Crippen LogP) is 2.58. The third kappa shape index (κ3) is 2.62. The Morgan fingerprint density at radius 2 is 2.12 bits per heavy atom. The third-order valence-corrected chi connectivity index (χ3v) is 4.82. The van der Waals surface area contributed by atoms with Gasteiger partial charge in [0.25, 0.3) is 0 Å². The molecule has 0 bridgehead atoms. The maximum Gasteiger partial charge on any atom is 0.245 e. The zero-order chi connectivity index (χ0) is 16.5. The van der Waals surface area contributed by atoms with Gasteiger partial charge < -0.3 is 18.9 Å². The molecule has 6 nitrogen and oxygen atoms in total. The maximum absolute atomic E-state index is 12.9. The predicted molar refractivity (Wildman–Crippen MR) is 88.1 cm³/mol. The molecule has 2 aliphatic rings. The quantitative estimate of drug-likeness (QED) is 0.869. The smallest absolute Gasteiger partial charge is 0.245 e. The van der Waals surface area contributed by atoms with Crippen molar-refractivity contribution in [3.8, 4) is 11.5 Å². The number of carbonyl (C=O) groups excluding carboxylic acids is 1. The van der Waals surface area contributed by atoms with E-state index in [-0.39, 0.29) is 18.0 Å². The number of benzene rings is 1. The van der Waals surface area contributed by atoms with E-state index in [4.69, 9.17) is 9.47 Å². The van der Waals surface area contributed by atoms with Crippen molar-refractivity contribution >= 4 is 5.91 Å². The first-order valence-electron chi connectivity index (χ1n) is 8.41. The van der Waals surface area contributed by atoms with Gasteiger partial charge in [-0.15, -0.1) is 0 Å². The Balaban J connectivity index is 1.57. The fourth-order valence-corrected chi connectivity index (χ4v) is 3.51. The second-order valence-corrected chi connectivity index (χ2v) is 6.28. The average Bonchev–Trinajstić information content (AvgIpc) is 3.31. The van der Waals surface area contributed by atoms with Crippen LogP contribution < -0.4 is 9.47 Å². The summed E-state index contributed by atoms with van der Waals surface area (Å²) < 4.78 is 13.1. The summed E-state index contributed by atoms with van der Waals surface area (Å²) in [5.41, 5.74) is 1.11. The lowest BCUT2D eigenvalue weighted by molar-refractivity contribution is -0.135. The zero-order valence-corrected chi connectivity index (χ0v) is 13.7. The SMILES string of the molecule is CC(C(=O)N1CCCC1c1ccc2c(c1)OCCO2)n1ccnc1. The van der Waals surface area contributed by atoms with Crippen LogP contribution in [0, 0.1) is 0 Å². The lowest BCUT2D eigenvalue weighted by Gasteiger charge is -2.29. The molecule has 24 heavy (non-hydrogen) atoms. The molecule has 2 aromatic rings. The Labute approximate surface area is 141 Å². The van der Waals surface area contributed by atoms with Crippen LogP contribution in [0.4, 0.5) is 0 Å². The summed E-state index contributed by atoms with van der Waals surface area (Å²) in [6.07, 6.45) is 7.21. The molecule has 0 radical (unpaired) electrons. The molecular weight excluding hydrogens is 306 g/mol. The van der Waals surface area contributed by atoms with Gasteiger partial charge in [0.15, 0.2) is 11.5 Å². The van der Waals surface area contributed by atoms with E-state index in [0.29, 0.717) is 13.2 Å².